The predicted octanol–water partition coefficient (Wildman–Crippen LogP) is 11.7. The maximum atomic E-state index is 13.0. The standard InChI is InChI=1S/C25H26N4O5S.C25H26N4O3S.C23H23N5O3S.2H2/c1-14(2)35(33,34)19-10-6-16(7-11-19)21-13-27-24-22(29-21)20(12-26-24)25(32)28-15(3)23(31)17-4-8-18(30)9-5-17;1-15(2)33(31,32)20-9-7-18(8-10-20)22-14-27-24-23(29-22)21(13-26-24)25(30)28-12-19-6-5-16(3)11-17(19)4;1-14(2)32(30,31)17-8-6-16(7-9-17)20-13-26-22-21(28-20)18(11-25-22)23(29)27-12-19-15(3)5-4-10-24-19;;/h4-15,23,30-31H,1-3H3,(H,26,27)(H,28,32);5-11,13-15H,12H2,1-4H3,(H,26,27)(H,28,30);4-11,13-14H,12H2,1-3H3,(H,25,26)(H,27,29);2*1H/t15-,23-;;;;/m0..../s1. The lowest BCUT2D eigenvalue weighted by molar-refractivity contribution is 0.0852. The highest BCUT2D eigenvalue weighted by atomic mass is 32.2. The number of carbonyl (C=O) groups is 3. The smallest absolute Gasteiger partial charge is 0.255 e. The number of carbonyl (C=O) groups excluding carboxylic acids is 3. The van der Waals surface area contributed by atoms with Gasteiger partial charge in [0, 0.05) is 50.9 Å². The van der Waals surface area contributed by atoms with Crippen LogP contribution in [-0.2, 0) is 42.6 Å². The Morgan fingerprint density at radius 1 is 0.480 bits per heavy atom. The number of rotatable bonds is 19. The minimum absolute atomic E-state index is 0. The molecule has 7 heterocycles. The number of aromatic nitrogens is 10. The van der Waals surface area contributed by atoms with Gasteiger partial charge in [0.2, 0.25) is 0 Å². The number of phenols is 1. The first-order valence-corrected chi connectivity index (χ1v) is 36.5. The van der Waals surface area contributed by atoms with Crippen molar-refractivity contribution in [2.24, 2.45) is 0 Å². The van der Waals surface area contributed by atoms with E-state index < -0.39 is 63.3 Å². The highest BCUT2D eigenvalue weighted by molar-refractivity contribution is 7.92. The molecule has 520 valence electrons. The largest absolute Gasteiger partial charge is 0.508 e. The second-order valence-electron chi connectivity index (χ2n) is 24.7. The topological polar surface area (TPSA) is 368 Å². The summed E-state index contributed by atoms with van der Waals surface area (Å²) >= 11 is 0. The molecule has 0 unspecified atom stereocenters. The van der Waals surface area contributed by atoms with Crippen LogP contribution in [0.4, 0.5) is 0 Å². The Morgan fingerprint density at radius 2 is 0.870 bits per heavy atom. The van der Waals surface area contributed by atoms with Gasteiger partial charge in [-0.3, -0.25) is 19.4 Å². The molecule has 2 atom stereocenters. The van der Waals surface area contributed by atoms with Gasteiger partial charge in [-0.25, -0.2) is 55.2 Å². The Bertz CT molecular complexity index is 5370. The summed E-state index contributed by atoms with van der Waals surface area (Å²) in [5.41, 5.74) is 13.1. The molecule has 24 nitrogen and oxygen atoms in total. The number of aryl methyl sites for hydroxylation is 3. The molecule has 0 bridgehead atoms. The van der Waals surface area contributed by atoms with Crippen molar-refractivity contribution < 1.29 is 52.7 Å². The number of aliphatic hydroxyl groups excluding tert-OH is 1. The number of fused-ring (bicyclic) bond motifs is 3. The van der Waals surface area contributed by atoms with E-state index in [4.69, 9.17) is 0 Å². The SMILES string of the molecule is CC(C)S(=O)(=O)c1ccc(-c2cnc3[nH]cc(C(=O)N[C@@H](C)[C@H](O)c4ccc(O)cc4)c3n2)cc1.Cc1ccc(CNC(=O)c2c[nH]c3ncc(-c4ccc(S(=O)(=O)C(C)C)cc4)nc23)c(C)c1.Cc1cccnc1CNC(=O)c1c[nH]c2ncc(-c3ccc(S(=O)(=O)C(C)C)cc3)nc12.[HH].[HH]. The van der Waals surface area contributed by atoms with Gasteiger partial charge in [0.1, 0.15) is 22.3 Å². The first-order chi connectivity index (χ1) is 47.5. The molecule has 12 rings (SSSR count). The maximum Gasteiger partial charge on any atom is 0.255 e. The highest BCUT2D eigenvalue weighted by Crippen LogP contribution is 2.29. The van der Waals surface area contributed by atoms with Crippen LogP contribution in [0.25, 0.3) is 67.3 Å². The molecule has 27 heteroatoms. The Balaban J connectivity index is 0.000000192. The number of benzene rings is 5. The average Bonchev–Trinajstić information content (AvgIpc) is 1.83. The molecule has 0 aliphatic carbocycles. The molecule has 0 spiro atoms. The monoisotopic (exact) mass is 1410 g/mol. The first kappa shape index (κ1) is 71.9. The van der Waals surface area contributed by atoms with Crippen molar-refractivity contribution in [3.63, 3.8) is 0 Å². The van der Waals surface area contributed by atoms with Gasteiger partial charge in [0.25, 0.3) is 17.7 Å². The van der Waals surface area contributed by atoms with E-state index in [1.54, 1.807) is 158 Å². The Morgan fingerprint density at radius 3 is 1.25 bits per heavy atom. The lowest BCUT2D eigenvalue weighted by atomic mass is 10.0. The lowest BCUT2D eigenvalue weighted by Crippen LogP contribution is -2.37. The van der Waals surface area contributed by atoms with Crippen molar-refractivity contribution in [2.45, 2.75) is 125 Å². The third kappa shape index (κ3) is 16.0. The van der Waals surface area contributed by atoms with E-state index in [1.165, 1.54) is 36.0 Å². The van der Waals surface area contributed by atoms with E-state index >= 15 is 0 Å². The minimum atomic E-state index is -3.39. The number of hydrogen-bond donors (Lipinski definition) is 8. The molecular weight excluding hydrogens is 1330 g/mol. The summed E-state index contributed by atoms with van der Waals surface area (Å²) in [6.45, 7) is 18.3. The van der Waals surface area contributed by atoms with Gasteiger partial charge in [-0.05, 0) is 146 Å². The predicted molar refractivity (Wildman–Crippen MR) is 386 cm³/mol. The van der Waals surface area contributed by atoms with Crippen LogP contribution in [0.15, 0.2) is 185 Å². The summed E-state index contributed by atoms with van der Waals surface area (Å²) in [7, 11) is -10.1. The van der Waals surface area contributed by atoms with Crippen LogP contribution in [0.5, 0.6) is 5.75 Å². The zero-order valence-electron chi connectivity index (χ0n) is 56.4. The van der Waals surface area contributed by atoms with Crippen LogP contribution in [0.2, 0.25) is 0 Å². The second-order valence-corrected chi connectivity index (χ2v) is 32.2. The lowest BCUT2D eigenvalue weighted by Gasteiger charge is -2.20. The number of H-pyrrole nitrogens is 3. The molecule has 0 saturated carbocycles. The summed E-state index contributed by atoms with van der Waals surface area (Å²) in [6.07, 6.45) is 10.1. The number of phenolic OH excluding ortho intramolecular Hbond substituents is 1. The number of aromatic amines is 3. The van der Waals surface area contributed by atoms with E-state index in [1.807, 2.05) is 45.0 Å². The average molecular weight is 1410 g/mol. The van der Waals surface area contributed by atoms with Crippen molar-refractivity contribution in [2.75, 3.05) is 0 Å². The fraction of sp³-hybridized carbons (Fsp3) is 0.233. The zero-order chi connectivity index (χ0) is 72.0. The van der Waals surface area contributed by atoms with Crippen LogP contribution in [-0.4, -0.2) is 125 Å². The molecule has 0 radical (unpaired) electrons. The van der Waals surface area contributed by atoms with Crippen LogP contribution in [0, 0.1) is 20.8 Å². The Hall–Kier alpha value is -10.9. The van der Waals surface area contributed by atoms with E-state index in [9.17, 15) is 49.9 Å². The molecule has 12 aromatic rings. The van der Waals surface area contributed by atoms with Crippen molar-refractivity contribution in [3.05, 3.63) is 221 Å². The first-order valence-electron chi connectivity index (χ1n) is 31.9. The molecule has 0 fully saturated rings. The highest BCUT2D eigenvalue weighted by Gasteiger charge is 2.26. The zero-order valence-corrected chi connectivity index (χ0v) is 58.8. The minimum Gasteiger partial charge on any atom is -0.508 e. The quantitative estimate of drug-likeness (QED) is 0.0373. The summed E-state index contributed by atoms with van der Waals surface area (Å²) in [5.74, 6) is -0.884. The molecule has 0 saturated heterocycles. The van der Waals surface area contributed by atoms with Crippen LogP contribution in [0.3, 0.4) is 0 Å². The summed E-state index contributed by atoms with van der Waals surface area (Å²) in [6, 6.07) is 34.9. The van der Waals surface area contributed by atoms with Gasteiger partial charge in [-0.1, -0.05) is 78.4 Å². The van der Waals surface area contributed by atoms with Crippen LogP contribution in [0.1, 0.15) is 122 Å². The molecule has 100 heavy (non-hydrogen) atoms. The molecule has 7 aromatic heterocycles. The number of aliphatic hydroxyl groups is 1. The number of sulfone groups is 3. The normalized spacial score (nSPS) is 12.4. The Labute approximate surface area is 581 Å². The van der Waals surface area contributed by atoms with Gasteiger partial charge >= 0.3 is 0 Å². The van der Waals surface area contributed by atoms with Gasteiger partial charge in [0.05, 0.1) is 107 Å². The Kier molecular flexibility index (Phi) is 21.6. The molecule has 5 aromatic carbocycles. The summed E-state index contributed by atoms with van der Waals surface area (Å²) < 4.78 is 74.2. The molecular formula is C73H79N13O11S3. The number of nitrogens with one attached hydrogen (secondary N) is 6. The maximum absolute atomic E-state index is 13.0. The van der Waals surface area contributed by atoms with E-state index in [0.29, 0.717) is 91.5 Å². The van der Waals surface area contributed by atoms with Crippen molar-refractivity contribution in [1.29, 1.82) is 0 Å². The third-order valence-electron chi connectivity index (χ3n) is 16.7. The molecule has 0 aliphatic rings. The van der Waals surface area contributed by atoms with Crippen LogP contribution >= 0.6 is 0 Å². The molecule has 3 amide bonds. The molecule has 8 N–H and O–H groups in total. The van der Waals surface area contributed by atoms with Gasteiger partial charge in [-0.15, -0.1) is 0 Å². The number of nitrogens with zero attached hydrogens (tertiary/aromatic N) is 7. The van der Waals surface area contributed by atoms with Crippen molar-refractivity contribution in [3.8, 4) is 39.5 Å². The summed E-state index contributed by atoms with van der Waals surface area (Å²) in [4.78, 5) is 79.5. The number of aromatic hydroxyl groups is 1. The van der Waals surface area contributed by atoms with E-state index in [0.717, 1.165) is 27.9 Å². The van der Waals surface area contributed by atoms with E-state index in [-0.39, 0.29) is 40.7 Å². The van der Waals surface area contributed by atoms with Crippen LogP contribution < -0.4 is 16.0 Å². The second kappa shape index (κ2) is 30.1. The van der Waals surface area contributed by atoms with Crippen molar-refractivity contribution >= 4 is 80.7 Å². The summed E-state index contributed by atoms with van der Waals surface area (Å²) in [5, 5.41) is 27.1. The fourth-order valence-corrected chi connectivity index (χ4v) is 13.7. The molecule has 0 aliphatic heterocycles. The third-order valence-corrected chi connectivity index (χ3v) is 23.2. The van der Waals surface area contributed by atoms with Crippen molar-refractivity contribution in [1.82, 2.24) is 65.8 Å². The fourth-order valence-electron chi connectivity index (χ4n) is 10.5. The van der Waals surface area contributed by atoms with Gasteiger partial charge in [-0.2, -0.15) is 0 Å². The number of hydrogen-bond acceptors (Lipinski definition) is 18. The van der Waals surface area contributed by atoms with Gasteiger partial charge < -0.3 is 41.1 Å². The number of pyridine rings is 1. The number of amides is 3. The van der Waals surface area contributed by atoms with Gasteiger partial charge in [0.15, 0.2) is 46.5 Å². The van der Waals surface area contributed by atoms with E-state index in [2.05, 4.69) is 71.9 Å².